The van der Waals surface area contributed by atoms with E-state index in [4.69, 9.17) is 5.73 Å². The second-order valence-corrected chi connectivity index (χ2v) is 6.97. The highest BCUT2D eigenvalue weighted by atomic mass is 16.3. The molecule has 1 spiro atoms. The first-order valence-corrected chi connectivity index (χ1v) is 8.40. The van der Waals surface area contributed by atoms with Gasteiger partial charge >= 0.3 is 0 Å². The topological polar surface area (TPSA) is 49.5 Å². The Morgan fingerprint density at radius 3 is 2.24 bits per heavy atom. The first-order valence-electron chi connectivity index (χ1n) is 8.40. The normalized spacial score (nSPS) is 23.5. The summed E-state index contributed by atoms with van der Waals surface area (Å²) in [7, 11) is 0. The Balaban J connectivity index is 1.52. The Hall–Kier alpha value is -0.900. The van der Waals surface area contributed by atoms with Gasteiger partial charge in [0.05, 0.1) is 6.10 Å². The van der Waals surface area contributed by atoms with Crippen LogP contribution in [0.5, 0.6) is 0 Å². The van der Waals surface area contributed by atoms with E-state index in [9.17, 15) is 5.11 Å². The molecule has 1 heterocycles. The highest BCUT2D eigenvalue weighted by Gasteiger charge is 2.37. The van der Waals surface area contributed by atoms with Gasteiger partial charge in [0.1, 0.15) is 0 Å². The zero-order chi connectivity index (χ0) is 14.7. The van der Waals surface area contributed by atoms with Gasteiger partial charge in [-0.2, -0.15) is 0 Å². The third-order valence-electron chi connectivity index (χ3n) is 5.61. The van der Waals surface area contributed by atoms with Gasteiger partial charge in [-0.25, -0.2) is 0 Å². The quantitative estimate of drug-likeness (QED) is 0.895. The van der Waals surface area contributed by atoms with Crippen molar-refractivity contribution in [3.63, 3.8) is 0 Å². The largest absolute Gasteiger partial charge is 0.387 e. The SMILES string of the molecule is NCc1ccc(C(O)CN2CCC3(CCCC3)CC2)cc1. The van der Waals surface area contributed by atoms with Crippen LogP contribution in [0, 0.1) is 5.41 Å². The number of aliphatic hydroxyl groups is 1. The monoisotopic (exact) mass is 288 g/mol. The number of hydrogen-bond acceptors (Lipinski definition) is 3. The molecule has 0 bridgehead atoms. The Bertz CT molecular complexity index is 441. The van der Waals surface area contributed by atoms with Crippen LogP contribution in [-0.4, -0.2) is 29.6 Å². The van der Waals surface area contributed by atoms with Crippen molar-refractivity contribution < 1.29 is 5.11 Å². The molecule has 3 heteroatoms. The summed E-state index contributed by atoms with van der Waals surface area (Å²) in [6.07, 6.45) is 7.99. The van der Waals surface area contributed by atoms with Crippen LogP contribution in [0.1, 0.15) is 55.8 Å². The van der Waals surface area contributed by atoms with E-state index in [1.807, 2.05) is 24.3 Å². The molecule has 3 rings (SSSR count). The summed E-state index contributed by atoms with van der Waals surface area (Å²) < 4.78 is 0. The van der Waals surface area contributed by atoms with E-state index in [2.05, 4.69) is 4.90 Å². The van der Waals surface area contributed by atoms with Crippen molar-refractivity contribution in [3.05, 3.63) is 35.4 Å². The lowest BCUT2D eigenvalue weighted by Gasteiger charge is -2.40. The number of β-amino-alcohol motifs (C(OH)–C–C–N with tert-alkyl or cyclic N) is 1. The average Bonchev–Trinajstić information content (AvgIpc) is 2.98. The second-order valence-electron chi connectivity index (χ2n) is 6.97. The van der Waals surface area contributed by atoms with Crippen molar-refractivity contribution in [2.24, 2.45) is 11.1 Å². The van der Waals surface area contributed by atoms with Gasteiger partial charge in [-0.3, -0.25) is 0 Å². The maximum absolute atomic E-state index is 10.4. The van der Waals surface area contributed by atoms with E-state index in [0.717, 1.165) is 30.8 Å². The fourth-order valence-corrected chi connectivity index (χ4v) is 4.06. The summed E-state index contributed by atoms with van der Waals surface area (Å²) in [6.45, 7) is 3.62. The van der Waals surface area contributed by atoms with Crippen LogP contribution in [0.25, 0.3) is 0 Å². The van der Waals surface area contributed by atoms with Crippen LogP contribution in [0.3, 0.4) is 0 Å². The minimum atomic E-state index is -0.380. The molecule has 21 heavy (non-hydrogen) atoms. The molecule has 116 valence electrons. The molecule has 1 aromatic rings. The standard InChI is InChI=1S/C18H28N2O/c19-13-15-3-5-16(6-4-15)17(21)14-20-11-9-18(10-12-20)7-1-2-8-18/h3-6,17,21H,1-2,7-14,19H2. The molecule has 1 aliphatic carbocycles. The number of hydrogen-bond donors (Lipinski definition) is 2. The minimum absolute atomic E-state index is 0.380. The van der Waals surface area contributed by atoms with Crippen molar-refractivity contribution in [1.82, 2.24) is 4.90 Å². The molecule has 1 saturated heterocycles. The van der Waals surface area contributed by atoms with Crippen molar-refractivity contribution in [1.29, 1.82) is 0 Å². The number of likely N-dealkylation sites (tertiary alicyclic amines) is 1. The molecule has 0 aromatic heterocycles. The smallest absolute Gasteiger partial charge is 0.0916 e. The van der Waals surface area contributed by atoms with Gasteiger partial charge in [0.2, 0.25) is 0 Å². The summed E-state index contributed by atoms with van der Waals surface area (Å²) in [5.41, 5.74) is 8.39. The zero-order valence-electron chi connectivity index (χ0n) is 12.9. The van der Waals surface area contributed by atoms with Crippen LogP contribution in [0.2, 0.25) is 0 Å². The zero-order valence-corrected chi connectivity index (χ0v) is 12.9. The Morgan fingerprint density at radius 1 is 1.05 bits per heavy atom. The average molecular weight is 288 g/mol. The third kappa shape index (κ3) is 3.47. The number of aliphatic hydroxyl groups excluding tert-OH is 1. The molecular weight excluding hydrogens is 260 g/mol. The number of nitrogens with two attached hydrogens (primary N) is 1. The molecule has 2 fully saturated rings. The van der Waals surface area contributed by atoms with Crippen LogP contribution < -0.4 is 5.73 Å². The van der Waals surface area contributed by atoms with Crippen molar-refractivity contribution >= 4 is 0 Å². The molecule has 1 atom stereocenters. The van der Waals surface area contributed by atoms with Crippen molar-refractivity contribution in [3.8, 4) is 0 Å². The van der Waals surface area contributed by atoms with Crippen molar-refractivity contribution in [2.45, 2.75) is 51.2 Å². The van der Waals surface area contributed by atoms with E-state index >= 15 is 0 Å². The molecular formula is C18H28N2O. The number of benzene rings is 1. The lowest BCUT2D eigenvalue weighted by Crippen LogP contribution is -2.40. The summed E-state index contributed by atoms with van der Waals surface area (Å²) in [6, 6.07) is 8.05. The van der Waals surface area contributed by atoms with Gasteiger partial charge in [-0.1, -0.05) is 37.1 Å². The highest BCUT2D eigenvalue weighted by Crippen LogP contribution is 2.46. The summed E-state index contributed by atoms with van der Waals surface area (Å²) in [5, 5.41) is 10.4. The van der Waals surface area contributed by atoms with Crippen LogP contribution in [0.15, 0.2) is 24.3 Å². The molecule has 2 aliphatic rings. The predicted molar refractivity (Wildman–Crippen MR) is 85.9 cm³/mol. The lowest BCUT2D eigenvalue weighted by atomic mass is 9.77. The van der Waals surface area contributed by atoms with Gasteiger partial charge < -0.3 is 15.7 Å². The maximum Gasteiger partial charge on any atom is 0.0916 e. The van der Waals surface area contributed by atoms with Gasteiger partial charge in [-0.15, -0.1) is 0 Å². The summed E-state index contributed by atoms with van der Waals surface area (Å²) in [4.78, 5) is 2.44. The van der Waals surface area contributed by atoms with Crippen molar-refractivity contribution in [2.75, 3.05) is 19.6 Å². The van der Waals surface area contributed by atoms with Gasteiger partial charge in [-0.05, 0) is 55.3 Å². The van der Waals surface area contributed by atoms with Gasteiger partial charge in [0.15, 0.2) is 0 Å². The Kier molecular flexibility index (Phi) is 4.63. The van der Waals surface area contributed by atoms with Gasteiger partial charge in [0, 0.05) is 13.1 Å². The Morgan fingerprint density at radius 2 is 1.67 bits per heavy atom. The molecule has 1 unspecified atom stereocenters. The molecule has 1 aromatic carbocycles. The first-order chi connectivity index (χ1) is 10.2. The molecule has 0 amide bonds. The second kappa shape index (κ2) is 6.47. The predicted octanol–water partition coefficient (Wildman–Crippen LogP) is 2.83. The molecule has 0 radical (unpaired) electrons. The fraction of sp³-hybridized carbons (Fsp3) is 0.667. The third-order valence-corrected chi connectivity index (χ3v) is 5.61. The number of rotatable bonds is 4. The summed E-state index contributed by atoms with van der Waals surface area (Å²) >= 11 is 0. The maximum atomic E-state index is 10.4. The highest BCUT2D eigenvalue weighted by molar-refractivity contribution is 5.24. The molecule has 3 nitrogen and oxygen atoms in total. The van der Waals surface area contributed by atoms with Crippen LogP contribution in [0.4, 0.5) is 0 Å². The van der Waals surface area contributed by atoms with E-state index in [1.165, 1.54) is 38.5 Å². The number of nitrogens with zero attached hydrogens (tertiary/aromatic N) is 1. The molecule has 1 aliphatic heterocycles. The van der Waals surface area contributed by atoms with E-state index in [1.54, 1.807) is 0 Å². The minimum Gasteiger partial charge on any atom is -0.387 e. The van der Waals surface area contributed by atoms with Crippen LogP contribution in [-0.2, 0) is 6.54 Å². The van der Waals surface area contributed by atoms with E-state index in [0.29, 0.717) is 12.0 Å². The lowest BCUT2D eigenvalue weighted by molar-refractivity contribution is 0.0596. The molecule has 1 saturated carbocycles. The van der Waals surface area contributed by atoms with Crippen LogP contribution >= 0.6 is 0 Å². The summed E-state index contributed by atoms with van der Waals surface area (Å²) in [5.74, 6) is 0. The fourth-order valence-electron chi connectivity index (χ4n) is 4.06. The van der Waals surface area contributed by atoms with Gasteiger partial charge in [0.25, 0.3) is 0 Å². The van der Waals surface area contributed by atoms with E-state index < -0.39 is 0 Å². The number of piperidine rings is 1. The van der Waals surface area contributed by atoms with E-state index in [-0.39, 0.29) is 6.10 Å². The molecule has 3 N–H and O–H groups in total. The first kappa shape index (κ1) is 15.0. The Labute approximate surface area is 128 Å².